The largest absolute Gasteiger partial charge is 0.298 e. The highest BCUT2D eigenvalue weighted by Crippen LogP contribution is 2.14. The lowest BCUT2D eigenvalue weighted by molar-refractivity contribution is 0.318. The van der Waals surface area contributed by atoms with Gasteiger partial charge in [-0.1, -0.05) is 12.1 Å². The highest BCUT2D eigenvalue weighted by molar-refractivity contribution is 7.90. The zero-order valence-corrected chi connectivity index (χ0v) is 14.4. The number of rotatable bonds is 6. The fourth-order valence-electron chi connectivity index (χ4n) is 2.38. The lowest BCUT2D eigenvalue weighted by Gasteiger charge is -2.16. The van der Waals surface area contributed by atoms with E-state index in [-0.39, 0.29) is 0 Å². The third kappa shape index (κ3) is 4.18. The predicted molar refractivity (Wildman–Crippen MR) is 87.4 cm³/mol. The van der Waals surface area contributed by atoms with E-state index in [2.05, 4.69) is 23.1 Å². The van der Waals surface area contributed by atoms with E-state index in [0.717, 1.165) is 30.9 Å². The Morgan fingerprint density at radius 3 is 2.32 bits per heavy atom. The highest BCUT2D eigenvalue weighted by Gasteiger charge is 2.09. The van der Waals surface area contributed by atoms with E-state index in [1.54, 1.807) is 12.1 Å². The molecule has 0 saturated carbocycles. The molecule has 0 unspecified atom stereocenters. The van der Waals surface area contributed by atoms with Crippen molar-refractivity contribution in [3.63, 3.8) is 0 Å². The molecular formula is C16H23N3O2S. The first kappa shape index (κ1) is 16.7. The van der Waals surface area contributed by atoms with Gasteiger partial charge in [-0.3, -0.25) is 9.58 Å². The molecule has 0 radical (unpaired) electrons. The van der Waals surface area contributed by atoms with Gasteiger partial charge < -0.3 is 0 Å². The van der Waals surface area contributed by atoms with E-state index in [1.165, 1.54) is 11.8 Å². The summed E-state index contributed by atoms with van der Waals surface area (Å²) in [6.07, 6.45) is 3.31. The number of aryl methyl sites for hydroxylation is 2. The van der Waals surface area contributed by atoms with E-state index in [9.17, 15) is 8.42 Å². The molecule has 2 rings (SSSR count). The summed E-state index contributed by atoms with van der Waals surface area (Å²) in [6.45, 7) is 6.55. The molecule has 0 N–H and O–H groups in total. The van der Waals surface area contributed by atoms with Gasteiger partial charge in [-0.25, -0.2) is 8.42 Å². The van der Waals surface area contributed by atoms with E-state index in [4.69, 9.17) is 0 Å². The Morgan fingerprint density at radius 1 is 1.18 bits per heavy atom. The van der Waals surface area contributed by atoms with Gasteiger partial charge in [-0.15, -0.1) is 0 Å². The molecule has 22 heavy (non-hydrogen) atoms. The van der Waals surface area contributed by atoms with Crippen molar-refractivity contribution in [3.05, 3.63) is 47.3 Å². The number of sulfone groups is 1. The first-order valence-corrected chi connectivity index (χ1v) is 9.19. The molecule has 120 valence electrons. The topological polar surface area (TPSA) is 55.2 Å². The van der Waals surface area contributed by atoms with Crippen molar-refractivity contribution in [2.75, 3.05) is 13.3 Å². The quantitative estimate of drug-likeness (QED) is 0.819. The van der Waals surface area contributed by atoms with Crippen LogP contribution in [0.25, 0.3) is 0 Å². The number of hydrogen-bond donors (Lipinski definition) is 0. The normalized spacial score (nSPS) is 12.0. The van der Waals surface area contributed by atoms with E-state index in [0.29, 0.717) is 4.90 Å². The molecule has 0 aliphatic heterocycles. The third-order valence-corrected chi connectivity index (χ3v) is 4.74. The van der Waals surface area contributed by atoms with Crippen LogP contribution in [0.1, 0.15) is 23.7 Å². The molecule has 1 heterocycles. The Labute approximate surface area is 132 Å². The van der Waals surface area contributed by atoms with Crippen LogP contribution >= 0.6 is 0 Å². The van der Waals surface area contributed by atoms with Crippen molar-refractivity contribution in [1.82, 2.24) is 14.7 Å². The van der Waals surface area contributed by atoms with Crippen molar-refractivity contribution in [1.29, 1.82) is 0 Å². The Bertz CT molecular complexity index is 733. The molecule has 0 fully saturated rings. The van der Waals surface area contributed by atoms with Crippen LogP contribution in [0.3, 0.4) is 0 Å². The number of aromatic nitrogens is 2. The number of nitrogens with zero attached hydrogens (tertiary/aromatic N) is 3. The maximum atomic E-state index is 11.5. The second kappa shape index (κ2) is 6.62. The summed E-state index contributed by atoms with van der Waals surface area (Å²) in [7, 11) is -1.08. The Balaban J connectivity index is 2.02. The van der Waals surface area contributed by atoms with Gasteiger partial charge in [0, 0.05) is 37.7 Å². The standard InChI is InChI=1S/C16H23N3O2S/c1-5-19-12-15(13(2)17-19)11-18(3)10-14-6-8-16(9-7-14)22(4,20)21/h6-9,12H,5,10-11H2,1-4H3. The summed E-state index contributed by atoms with van der Waals surface area (Å²) in [6, 6.07) is 7.07. The molecule has 5 nitrogen and oxygen atoms in total. The van der Waals surface area contributed by atoms with Crippen LogP contribution in [0.2, 0.25) is 0 Å². The summed E-state index contributed by atoms with van der Waals surface area (Å²) < 4.78 is 24.9. The third-order valence-electron chi connectivity index (χ3n) is 3.62. The Kier molecular flexibility index (Phi) is 5.03. The molecule has 1 aromatic carbocycles. The molecule has 2 aromatic rings. The Morgan fingerprint density at radius 2 is 1.82 bits per heavy atom. The molecule has 6 heteroatoms. The van der Waals surface area contributed by atoms with Gasteiger partial charge in [0.1, 0.15) is 0 Å². The number of benzene rings is 1. The van der Waals surface area contributed by atoms with Gasteiger partial charge >= 0.3 is 0 Å². The van der Waals surface area contributed by atoms with Crippen LogP contribution in [-0.2, 0) is 29.5 Å². The fraction of sp³-hybridized carbons (Fsp3) is 0.438. The minimum atomic E-state index is -3.13. The maximum Gasteiger partial charge on any atom is 0.175 e. The van der Waals surface area contributed by atoms with E-state index < -0.39 is 9.84 Å². The minimum Gasteiger partial charge on any atom is -0.298 e. The first-order chi connectivity index (χ1) is 10.3. The zero-order chi connectivity index (χ0) is 16.3. The Hall–Kier alpha value is -1.66. The number of hydrogen-bond acceptors (Lipinski definition) is 4. The van der Waals surface area contributed by atoms with Gasteiger partial charge in [0.2, 0.25) is 0 Å². The van der Waals surface area contributed by atoms with Gasteiger partial charge in [-0.05, 0) is 38.6 Å². The summed E-state index contributed by atoms with van der Waals surface area (Å²) in [5.74, 6) is 0. The van der Waals surface area contributed by atoms with Gasteiger partial charge in [-0.2, -0.15) is 5.10 Å². The van der Waals surface area contributed by atoms with Crippen molar-refractivity contribution in [2.45, 2.75) is 38.4 Å². The lowest BCUT2D eigenvalue weighted by Crippen LogP contribution is -2.17. The molecule has 0 aliphatic rings. The molecule has 0 spiro atoms. The second-order valence-electron chi connectivity index (χ2n) is 5.68. The molecular weight excluding hydrogens is 298 g/mol. The molecule has 0 atom stereocenters. The lowest BCUT2D eigenvalue weighted by atomic mass is 10.2. The maximum absolute atomic E-state index is 11.5. The highest BCUT2D eigenvalue weighted by atomic mass is 32.2. The van der Waals surface area contributed by atoms with Crippen molar-refractivity contribution in [2.24, 2.45) is 0 Å². The van der Waals surface area contributed by atoms with E-state index >= 15 is 0 Å². The van der Waals surface area contributed by atoms with Gasteiger partial charge in [0.25, 0.3) is 0 Å². The SMILES string of the molecule is CCn1cc(CN(C)Cc2ccc(S(C)(=O)=O)cc2)c(C)n1. The van der Waals surface area contributed by atoms with E-state index in [1.807, 2.05) is 30.8 Å². The fourth-order valence-corrected chi connectivity index (χ4v) is 3.01. The summed E-state index contributed by atoms with van der Waals surface area (Å²) in [4.78, 5) is 2.55. The van der Waals surface area contributed by atoms with Crippen LogP contribution < -0.4 is 0 Å². The minimum absolute atomic E-state index is 0.360. The molecule has 0 amide bonds. The average Bonchev–Trinajstić information content (AvgIpc) is 2.79. The average molecular weight is 321 g/mol. The molecule has 0 saturated heterocycles. The second-order valence-corrected chi connectivity index (χ2v) is 7.70. The molecule has 1 aromatic heterocycles. The smallest absolute Gasteiger partial charge is 0.175 e. The summed E-state index contributed by atoms with van der Waals surface area (Å²) in [5.41, 5.74) is 3.37. The van der Waals surface area contributed by atoms with Crippen LogP contribution in [0.5, 0.6) is 0 Å². The van der Waals surface area contributed by atoms with Gasteiger partial charge in [0.15, 0.2) is 9.84 Å². The summed E-state index contributed by atoms with van der Waals surface area (Å²) >= 11 is 0. The zero-order valence-electron chi connectivity index (χ0n) is 13.6. The summed E-state index contributed by atoms with van der Waals surface area (Å²) in [5, 5.41) is 4.45. The van der Waals surface area contributed by atoms with Crippen LogP contribution in [0.15, 0.2) is 35.4 Å². The van der Waals surface area contributed by atoms with Crippen LogP contribution in [0, 0.1) is 6.92 Å². The molecule has 0 bridgehead atoms. The van der Waals surface area contributed by atoms with Crippen LogP contribution in [-0.4, -0.2) is 36.4 Å². The first-order valence-electron chi connectivity index (χ1n) is 7.30. The predicted octanol–water partition coefficient (Wildman–Crippen LogP) is 2.25. The van der Waals surface area contributed by atoms with Gasteiger partial charge in [0.05, 0.1) is 10.6 Å². The van der Waals surface area contributed by atoms with Crippen molar-refractivity contribution < 1.29 is 8.42 Å². The molecule has 0 aliphatic carbocycles. The van der Waals surface area contributed by atoms with Crippen LogP contribution in [0.4, 0.5) is 0 Å². The van der Waals surface area contributed by atoms with Crippen molar-refractivity contribution >= 4 is 9.84 Å². The monoisotopic (exact) mass is 321 g/mol. The van der Waals surface area contributed by atoms with Crippen molar-refractivity contribution in [3.8, 4) is 0 Å².